The summed E-state index contributed by atoms with van der Waals surface area (Å²) in [6.45, 7) is 0. The van der Waals surface area contributed by atoms with Crippen LogP contribution in [0.4, 0.5) is 5.69 Å². The third-order valence-electron chi connectivity index (χ3n) is 3.07. The SMILES string of the molecule is COc1cc(I)c(C(=O)Nc2ccccc2SC)cc1OC. The van der Waals surface area contributed by atoms with Gasteiger partial charge in [0.2, 0.25) is 0 Å². The lowest BCUT2D eigenvalue weighted by Gasteiger charge is -2.13. The number of nitrogens with one attached hydrogen (secondary N) is 1. The van der Waals surface area contributed by atoms with Gasteiger partial charge >= 0.3 is 0 Å². The Morgan fingerprint density at radius 1 is 1.14 bits per heavy atom. The number of benzene rings is 2. The fraction of sp³-hybridized carbons (Fsp3) is 0.188. The normalized spacial score (nSPS) is 10.2. The zero-order chi connectivity index (χ0) is 16.1. The van der Waals surface area contributed by atoms with E-state index in [1.54, 1.807) is 38.1 Å². The minimum atomic E-state index is -0.174. The summed E-state index contributed by atoms with van der Waals surface area (Å²) in [6, 6.07) is 11.2. The molecule has 116 valence electrons. The van der Waals surface area contributed by atoms with Crippen molar-refractivity contribution >= 4 is 45.9 Å². The molecule has 0 atom stereocenters. The molecule has 0 aliphatic heterocycles. The first-order valence-corrected chi connectivity index (χ1v) is 8.77. The third-order valence-corrected chi connectivity index (χ3v) is 4.76. The molecule has 0 heterocycles. The lowest BCUT2D eigenvalue weighted by molar-refractivity contribution is 0.102. The van der Waals surface area contributed by atoms with Gasteiger partial charge in [-0.15, -0.1) is 11.8 Å². The van der Waals surface area contributed by atoms with Crippen molar-refractivity contribution in [1.82, 2.24) is 0 Å². The Morgan fingerprint density at radius 3 is 2.41 bits per heavy atom. The average Bonchev–Trinajstić information content (AvgIpc) is 2.54. The van der Waals surface area contributed by atoms with Gasteiger partial charge in [-0.25, -0.2) is 0 Å². The summed E-state index contributed by atoms with van der Waals surface area (Å²) in [4.78, 5) is 13.6. The summed E-state index contributed by atoms with van der Waals surface area (Å²) in [7, 11) is 3.12. The van der Waals surface area contributed by atoms with E-state index in [2.05, 4.69) is 27.9 Å². The molecule has 2 rings (SSSR count). The molecule has 0 fully saturated rings. The zero-order valence-corrected chi connectivity index (χ0v) is 15.4. The molecule has 0 aliphatic carbocycles. The highest BCUT2D eigenvalue weighted by molar-refractivity contribution is 14.1. The van der Waals surface area contributed by atoms with E-state index >= 15 is 0 Å². The van der Waals surface area contributed by atoms with Gasteiger partial charge in [-0.1, -0.05) is 12.1 Å². The van der Waals surface area contributed by atoms with Gasteiger partial charge in [0.25, 0.3) is 5.91 Å². The molecule has 0 saturated heterocycles. The molecule has 0 aliphatic rings. The molecule has 0 bridgehead atoms. The van der Waals surface area contributed by atoms with E-state index in [4.69, 9.17) is 9.47 Å². The van der Waals surface area contributed by atoms with Gasteiger partial charge in [0, 0.05) is 8.47 Å². The van der Waals surface area contributed by atoms with Gasteiger partial charge in [-0.05, 0) is 53.1 Å². The largest absolute Gasteiger partial charge is 0.493 e. The van der Waals surface area contributed by atoms with Crippen LogP contribution in [-0.4, -0.2) is 26.4 Å². The first kappa shape index (κ1) is 17.0. The molecule has 1 amide bonds. The number of para-hydroxylation sites is 1. The van der Waals surface area contributed by atoms with E-state index in [-0.39, 0.29) is 5.91 Å². The van der Waals surface area contributed by atoms with Crippen molar-refractivity contribution < 1.29 is 14.3 Å². The van der Waals surface area contributed by atoms with Crippen LogP contribution in [0.1, 0.15) is 10.4 Å². The van der Waals surface area contributed by atoms with Crippen LogP contribution in [0.25, 0.3) is 0 Å². The van der Waals surface area contributed by atoms with E-state index in [9.17, 15) is 4.79 Å². The molecule has 4 nitrogen and oxygen atoms in total. The molecular weight excluding hydrogens is 413 g/mol. The molecule has 0 radical (unpaired) electrons. The second kappa shape index (κ2) is 7.73. The number of anilines is 1. The number of carbonyl (C=O) groups is 1. The Balaban J connectivity index is 2.33. The van der Waals surface area contributed by atoms with Crippen molar-refractivity contribution in [2.24, 2.45) is 0 Å². The number of methoxy groups -OCH3 is 2. The zero-order valence-electron chi connectivity index (χ0n) is 12.5. The van der Waals surface area contributed by atoms with E-state index < -0.39 is 0 Å². The van der Waals surface area contributed by atoms with E-state index in [0.29, 0.717) is 17.1 Å². The molecule has 0 spiro atoms. The van der Waals surface area contributed by atoms with Gasteiger partial charge in [0.05, 0.1) is 25.5 Å². The fourth-order valence-electron chi connectivity index (χ4n) is 1.97. The van der Waals surface area contributed by atoms with Crippen molar-refractivity contribution in [3.63, 3.8) is 0 Å². The predicted octanol–water partition coefficient (Wildman–Crippen LogP) is 4.28. The van der Waals surface area contributed by atoms with Crippen LogP contribution in [0.5, 0.6) is 11.5 Å². The smallest absolute Gasteiger partial charge is 0.256 e. The van der Waals surface area contributed by atoms with Crippen molar-refractivity contribution in [3.8, 4) is 11.5 Å². The molecule has 2 aromatic rings. The highest BCUT2D eigenvalue weighted by Gasteiger charge is 2.16. The lowest BCUT2D eigenvalue weighted by Crippen LogP contribution is -2.14. The number of halogens is 1. The molecule has 1 N–H and O–H groups in total. The minimum absolute atomic E-state index is 0.174. The Bertz CT molecular complexity index is 691. The standard InChI is InChI=1S/C16H16INO3S/c1-20-13-8-10(11(17)9-14(13)21-2)16(19)18-12-6-4-5-7-15(12)22-3/h4-9H,1-3H3,(H,18,19). The molecule has 6 heteroatoms. The summed E-state index contributed by atoms with van der Waals surface area (Å²) in [5.41, 5.74) is 1.35. The fourth-order valence-corrected chi connectivity index (χ4v) is 3.20. The van der Waals surface area contributed by atoms with Gasteiger partial charge in [0.1, 0.15) is 0 Å². The van der Waals surface area contributed by atoms with Crippen molar-refractivity contribution in [2.75, 3.05) is 25.8 Å². The number of amides is 1. The summed E-state index contributed by atoms with van der Waals surface area (Å²) in [6.07, 6.45) is 1.98. The lowest BCUT2D eigenvalue weighted by atomic mass is 10.2. The van der Waals surface area contributed by atoms with Crippen molar-refractivity contribution in [3.05, 3.63) is 45.5 Å². The van der Waals surface area contributed by atoms with Gasteiger partial charge in [0.15, 0.2) is 11.5 Å². The molecule has 0 unspecified atom stereocenters. The maximum Gasteiger partial charge on any atom is 0.256 e. The second-order valence-corrected chi connectivity index (χ2v) is 6.35. The maximum atomic E-state index is 12.5. The Hall–Kier alpha value is -1.41. The minimum Gasteiger partial charge on any atom is -0.493 e. The Kier molecular flexibility index (Phi) is 5.96. The van der Waals surface area contributed by atoms with E-state index in [1.165, 1.54) is 0 Å². The third kappa shape index (κ3) is 3.67. The maximum absolute atomic E-state index is 12.5. The Morgan fingerprint density at radius 2 is 1.77 bits per heavy atom. The quantitative estimate of drug-likeness (QED) is 0.570. The van der Waals surface area contributed by atoms with Crippen LogP contribution in [0.3, 0.4) is 0 Å². The van der Waals surface area contributed by atoms with Gasteiger partial charge in [-0.2, -0.15) is 0 Å². The number of rotatable bonds is 5. The van der Waals surface area contributed by atoms with Crippen LogP contribution in [0.2, 0.25) is 0 Å². The van der Waals surface area contributed by atoms with Crippen molar-refractivity contribution in [1.29, 1.82) is 0 Å². The number of hydrogen-bond acceptors (Lipinski definition) is 4. The Labute approximate surface area is 147 Å². The van der Waals surface area contributed by atoms with Crippen LogP contribution in [0.15, 0.2) is 41.3 Å². The molecular formula is C16H16INO3S. The summed E-state index contributed by atoms with van der Waals surface area (Å²) in [5, 5.41) is 2.95. The van der Waals surface area contributed by atoms with Crippen LogP contribution in [-0.2, 0) is 0 Å². The summed E-state index contributed by atoms with van der Waals surface area (Å²) in [5.74, 6) is 0.964. The van der Waals surface area contributed by atoms with E-state index in [0.717, 1.165) is 14.2 Å². The van der Waals surface area contributed by atoms with Crippen LogP contribution < -0.4 is 14.8 Å². The predicted molar refractivity (Wildman–Crippen MR) is 98.4 cm³/mol. The second-order valence-electron chi connectivity index (χ2n) is 4.34. The first-order chi connectivity index (χ1) is 10.6. The summed E-state index contributed by atoms with van der Waals surface area (Å²) >= 11 is 3.71. The highest BCUT2D eigenvalue weighted by Crippen LogP contribution is 2.32. The van der Waals surface area contributed by atoms with Crippen molar-refractivity contribution in [2.45, 2.75) is 4.90 Å². The molecule has 0 aromatic heterocycles. The van der Waals surface area contributed by atoms with Crippen LogP contribution in [0, 0.1) is 3.57 Å². The number of ether oxygens (including phenoxy) is 2. The van der Waals surface area contributed by atoms with Gasteiger partial charge in [-0.3, -0.25) is 4.79 Å². The van der Waals surface area contributed by atoms with Crippen LogP contribution >= 0.6 is 34.4 Å². The topological polar surface area (TPSA) is 47.6 Å². The average molecular weight is 429 g/mol. The molecule has 2 aromatic carbocycles. The van der Waals surface area contributed by atoms with Gasteiger partial charge < -0.3 is 14.8 Å². The molecule has 22 heavy (non-hydrogen) atoms. The highest BCUT2D eigenvalue weighted by atomic mass is 127. The number of carbonyl (C=O) groups excluding carboxylic acids is 1. The molecule has 0 saturated carbocycles. The first-order valence-electron chi connectivity index (χ1n) is 6.46. The van der Waals surface area contributed by atoms with E-state index in [1.807, 2.05) is 30.5 Å². The number of hydrogen-bond donors (Lipinski definition) is 1. The summed E-state index contributed by atoms with van der Waals surface area (Å²) < 4.78 is 11.3. The number of thioether (sulfide) groups is 1. The monoisotopic (exact) mass is 429 g/mol.